The lowest BCUT2D eigenvalue weighted by atomic mass is 9.99. The molecule has 0 aromatic carbocycles. The minimum absolute atomic E-state index is 0. The summed E-state index contributed by atoms with van der Waals surface area (Å²) in [5.41, 5.74) is 11.7. The van der Waals surface area contributed by atoms with Crippen molar-refractivity contribution in [1.82, 2.24) is 19.9 Å². The number of H-pyrrole nitrogens is 2. The van der Waals surface area contributed by atoms with Crippen LogP contribution in [0.3, 0.4) is 0 Å². The van der Waals surface area contributed by atoms with Crippen molar-refractivity contribution in [2.24, 2.45) is 0 Å². The first-order chi connectivity index (χ1) is 20.8. The molecule has 2 unspecified atom stereocenters. The summed E-state index contributed by atoms with van der Waals surface area (Å²) in [5, 5.41) is 40.5. The van der Waals surface area contributed by atoms with E-state index in [0.717, 1.165) is 44.4 Å². The number of hydrogen-bond donors (Lipinski definition) is 6. The van der Waals surface area contributed by atoms with Gasteiger partial charge in [0.1, 0.15) is 0 Å². The van der Waals surface area contributed by atoms with Crippen LogP contribution in [0, 0.1) is 13.8 Å². The fraction of sp³-hybridized carbons (Fsp3) is 0.353. The molecule has 46 heavy (non-hydrogen) atoms. The number of carboxylic acid groups (broad SMARTS) is 2. The number of aromatic nitrogens is 4. The number of carboxylic acids is 2. The normalized spacial score (nSPS) is 14.1. The lowest BCUT2D eigenvalue weighted by molar-refractivity contribution is -0.137. The van der Waals surface area contributed by atoms with Gasteiger partial charge < -0.3 is 30.4 Å². The minimum Gasteiger partial charge on any atom is -0.481 e. The van der Waals surface area contributed by atoms with Gasteiger partial charge in [0.05, 0.1) is 35.0 Å². The van der Waals surface area contributed by atoms with E-state index in [1.165, 1.54) is 0 Å². The van der Waals surface area contributed by atoms with Crippen LogP contribution < -0.4 is 0 Å². The minimum atomic E-state index is -0.917. The van der Waals surface area contributed by atoms with E-state index in [9.17, 15) is 30.0 Å². The molecule has 0 radical (unpaired) electrons. The summed E-state index contributed by atoms with van der Waals surface area (Å²) in [6, 6.07) is 7.51. The average molecular weight is 672 g/mol. The molecule has 0 saturated heterocycles. The standard InChI is InChI=1S/C34H38N4O6.2ClH/c1-15-21(7-9-31(41)42)27-14-28-22(8-10-32(43)44)16(2)24(36-28)12-29-34(20(6)40)18(4)26(38-29)13-30-33(19(5)39)17(3)25(37-30)11-23(15)35-27;;/h11-14,19-20,36,38-40H,7-10H2,1-6H3,(H,41,42)(H,43,44);2*1H. The predicted octanol–water partition coefficient (Wildman–Crippen LogP) is 6.95. The number of nitrogens with one attached hydrogen (secondary N) is 2. The van der Waals surface area contributed by atoms with Crippen LogP contribution in [0.15, 0.2) is 24.3 Å². The second-order valence-corrected chi connectivity index (χ2v) is 11.7. The highest BCUT2D eigenvalue weighted by molar-refractivity contribution is 5.96. The molecule has 6 N–H and O–H groups in total. The van der Waals surface area contributed by atoms with Crippen LogP contribution in [0.1, 0.15) is 98.1 Å². The summed E-state index contributed by atoms with van der Waals surface area (Å²) < 4.78 is 0. The summed E-state index contributed by atoms with van der Waals surface area (Å²) in [7, 11) is 0. The van der Waals surface area contributed by atoms with Crippen molar-refractivity contribution in [3.05, 3.63) is 69.3 Å². The highest BCUT2D eigenvalue weighted by atomic mass is 35.5. The van der Waals surface area contributed by atoms with Gasteiger partial charge in [-0.15, -0.1) is 24.8 Å². The molecule has 0 spiro atoms. The molecule has 2 aliphatic rings. The van der Waals surface area contributed by atoms with Crippen molar-refractivity contribution in [3.63, 3.8) is 0 Å². The monoisotopic (exact) mass is 670 g/mol. The van der Waals surface area contributed by atoms with Gasteiger partial charge in [-0.3, -0.25) is 9.59 Å². The Morgan fingerprint density at radius 3 is 1.83 bits per heavy atom. The quantitative estimate of drug-likeness (QED) is 0.149. The number of aliphatic carboxylic acids is 2. The molecule has 3 aromatic heterocycles. The number of aliphatic hydroxyl groups excluding tert-OH is 2. The van der Waals surface area contributed by atoms with E-state index in [0.29, 0.717) is 44.9 Å². The number of aromatic amines is 2. The van der Waals surface area contributed by atoms with Crippen molar-refractivity contribution in [2.75, 3.05) is 0 Å². The number of fused-ring (bicyclic) bond motifs is 8. The fourth-order valence-corrected chi connectivity index (χ4v) is 6.31. The highest BCUT2D eigenvalue weighted by Crippen LogP contribution is 2.38. The Morgan fingerprint density at radius 1 is 0.674 bits per heavy atom. The van der Waals surface area contributed by atoms with E-state index >= 15 is 0 Å². The molecular weight excluding hydrogens is 631 g/mol. The van der Waals surface area contributed by atoms with Gasteiger partial charge >= 0.3 is 11.9 Å². The number of aliphatic hydroxyl groups is 2. The van der Waals surface area contributed by atoms with Gasteiger partial charge in [0.15, 0.2) is 0 Å². The molecule has 12 heteroatoms. The van der Waals surface area contributed by atoms with E-state index in [-0.39, 0.29) is 50.5 Å². The maximum absolute atomic E-state index is 11.6. The van der Waals surface area contributed by atoms with E-state index < -0.39 is 24.1 Å². The van der Waals surface area contributed by atoms with Crippen LogP contribution in [0.5, 0.6) is 0 Å². The van der Waals surface area contributed by atoms with Crippen molar-refractivity contribution in [3.8, 4) is 0 Å². The van der Waals surface area contributed by atoms with Crippen molar-refractivity contribution in [2.45, 2.75) is 79.4 Å². The van der Waals surface area contributed by atoms with E-state index in [1.54, 1.807) is 13.8 Å². The first kappa shape index (κ1) is 36.5. The Hall–Kier alpha value is -3.96. The van der Waals surface area contributed by atoms with Gasteiger partial charge in [-0.05, 0) is 112 Å². The van der Waals surface area contributed by atoms with Crippen molar-refractivity contribution in [1.29, 1.82) is 0 Å². The number of aryl methyl sites for hydroxylation is 3. The van der Waals surface area contributed by atoms with Crippen molar-refractivity contribution < 1.29 is 30.0 Å². The molecule has 2 aliphatic heterocycles. The van der Waals surface area contributed by atoms with Crippen LogP contribution in [-0.2, 0) is 16.0 Å². The number of hydrogen-bond acceptors (Lipinski definition) is 6. The third-order valence-corrected chi connectivity index (χ3v) is 8.65. The Morgan fingerprint density at radius 2 is 1.22 bits per heavy atom. The van der Waals surface area contributed by atoms with Crippen LogP contribution in [0.4, 0.5) is 0 Å². The summed E-state index contributed by atoms with van der Waals surface area (Å²) in [6.07, 6.45) is -1.15. The molecule has 5 heterocycles. The number of rotatable bonds is 8. The lowest BCUT2D eigenvalue weighted by Gasteiger charge is -2.07. The predicted molar refractivity (Wildman–Crippen MR) is 185 cm³/mol. The molecule has 3 aromatic rings. The Kier molecular flexibility index (Phi) is 11.3. The van der Waals surface area contributed by atoms with Crippen LogP contribution in [-0.4, -0.2) is 58.4 Å². The second-order valence-electron chi connectivity index (χ2n) is 11.7. The second kappa shape index (κ2) is 14.2. The molecule has 246 valence electrons. The van der Waals surface area contributed by atoms with Gasteiger partial charge in [0.25, 0.3) is 0 Å². The van der Waals surface area contributed by atoms with Gasteiger partial charge in [-0.1, -0.05) is 0 Å². The first-order valence-corrected chi connectivity index (χ1v) is 14.7. The molecule has 8 bridgehead atoms. The number of halogens is 2. The first-order valence-electron chi connectivity index (χ1n) is 14.7. The van der Waals surface area contributed by atoms with Crippen molar-refractivity contribution >= 4 is 81.1 Å². The number of carbonyl (C=O) groups is 2. The topological polar surface area (TPSA) is 172 Å². The van der Waals surface area contributed by atoms with E-state index in [1.807, 2.05) is 52.0 Å². The van der Waals surface area contributed by atoms with E-state index in [4.69, 9.17) is 9.97 Å². The summed E-state index contributed by atoms with van der Waals surface area (Å²) >= 11 is 0. The highest BCUT2D eigenvalue weighted by Gasteiger charge is 2.24. The van der Waals surface area contributed by atoms with Gasteiger partial charge in [-0.25, -0.2) is 9.97 Å². The Balaban J connectivity index is 0.00000288. The third-order valence-electron chi connectivity index (χ3n) is 8.65. The maximum Gasteiger partial charge on any atom is 0.303 e. The van der Waals surface area contributed by atoms with Gasteiger partial charge in [0, 0.05) is 46.0 Å². The average Bonchev–Trinajstić information content (AvgIpc) is 3.59. The molecular formula is C34H40Cl2N4O6. The molecule has 5 rings (SSSR count). The number of nitrogens with zero attached hydrogens (tertiary/aromatic N) is 2. The molecule has 0 amide bonds. The SMILES string of the molecule is CC1=C(CCC(=O)O)c2cc3[nH]c(cc4[nH]c(cc5nc(cc1n2)C(C)=C5C(C)O)c(C)c4C(C)O)c(C)c3CCC(=O)O.Cl.Cl. The summed E-state index contributed by atoms with van der Waals surface area (Å²) in [6.45, 7) is 11.1. The van der Waals surface area contributed by atoms with Gasteiger partial charge in [0.2, 0.25) is 0 Å². The Bertz CT molecular complexity index is 1930. The zero-order valence-electron chi connectivity index (χ0n) is 26.6. The molecule has 0 saturated carbocycles. The van der Waals surface area contributed by atoms with Crippen LogP contribution >= 0.6 is 24.8 Å². The Labute approximate surface area is 279 Å². The smallest absolute Gasteiger partial charge is 0.303 e. The molecule has 2 atom stereocenters. The molecule has 10 nitrogen and oxygen atoms in total. The largest absolute Gasteiger partial charge is 0.481 e. The summed E-state index contributed by atoms with van der Waals surface area (Å²) in [5.74, 6) is -1.83. The molecule has 0 fully saturated rings. The van der Waals surface area contributed by atoms with E-state index in [2.05, 4.69) is 9.97 Å². The van der Waals surface area contributed by atoms with Crippen LogP contribution in [0.2, 0.25) is 0 Å². The summed E-state index contributed by atoms with van der Waals surface area (Å²) in [4.78, 5) is 39.8. The zero-order valence-corrected chi connectivity index (χ0v) is 28.2. The zero-order chi connectivity index (χ0) is 32.0. The molecule has 0 aliphatic carbocycles. The van der Waals surface area contributed by atoms with Crippen LogP contribution in [0.25, 0.3) is 44.4 Å². The van der Waals surface area contributed by atoms with Gasteiger partial charge in [-0.2, -0.15) is 0 Å². The third kappa shape index (κ3) is 6.90. The lowest BCUT2D eigenvalue weighted by Crippen LogP contribution is -2.02. The maximum atomic E-state index is 11.6. The fourth-order valence-electron chi connectivity index (χ4n) is 6.31. The number of allylic oxidation sites excluding steroid dienone is 3.